The van der Waals surface area contributed by atoms with E-state index in [0.29, 0.717) is 6.61 Å². The van der Waals surface area contributed by atoms with E-state index in [2.05, 4.69) is 20.3 Å². The highest BCUT2D eigenvalue weighted by Gasteiger charge is 2.12. The molecule has 0 aromatic carbocycles. The van der Waals surface area contributed by atoms with Crippen molar-refractivity contribution in [2.45, 2.75) is 12.8 Å². The molecule has 0 radical (unpaired) electrons. The quantitative estimate of drug-likeness (QED) is 0.890. The summed E-state index contributed by atoms with van der Waals surface area (Å²) in [4.78, 5) is 12.8. The normalized spacial score (nSPS) is 20.9. The van der Waals surface area contributed by atoms with Crippen molar-refractivity contribution in [1.29, 1.82) is 0 Å². The molecular weight excluding hydrogens is 240 g/mol. The van der Waals surface area contributed by atoms with Gasteiger partial charge in [-0.25, -0.2) is 4.99 Å². The fraction of sp³-hybridized carbons (Fsp3) is 0.214. The van der Waals surface area contributed by atoms with Crippen LogP contribution in [0.3, 0.4) is 0 Å². The first kappa shape index (κ1) is 11.8. The predicted molar refractivity (Wildman–Crippen MR) is 74.8 cm³/mol. The third-order valence-electron chi connectivity index (χ3n) is 2.81. The summed E-state index contributed by atoms with van der Waals surface area (Å²) in [6.07, 6.45) is 9.73. The minimum Gasteiger partial charge on any atom is -0.347 e. The van der Waals surface area contributed by atoms with Crippen molar-refractivity contribution >= 4 is 17.5 Å². The van der Waals surface area contributed by atoms with Gasteiger partial charge in [-0.3, -0.25) is 9.98 Å². The summed E-state index contributed by atoms with van der Waals surface area (Å²) >= 11 is 0. The molecule has 2 aliphatic heterocycles. The maximum absolute atomic E-state index is 5.61. The highest BCUT2D eigenvalue weighted by Crippen LogP contribution is 2.12. The van der Waals surface area contributed by atoms with Gasteiger partial charge in [0, 0.05) is 42.5 Å². The Morgan fingerprint density at radius 1 is 1.37 bits per heavy atom. The Kier molecular flexibility index (Phi) is 3.47. The molecule has 0 saturated heterocycles. The number of allylic oxidation sites excluding steroid dienone is 2. The predicted octanol–water partition coefficient (Wildman–Crippen LogP) is 1.76. The van der Waals surface area contributed by atoms with E-state index in [1.807, 2.05) is 30.5 Å². The molecule has 3 rings (SSSR count). The van der Waals surface area contributed by atoms with Gasteiger partial charge >= 0.3 is 0 Å². The van der Waals surface area contributed by atoms with Crippen molar-refractivity contribution in [2.24, 2.45) is 9.98 Å². The van der Waals surface area contributed by atoms with Crippen LogP contribution in [0.25, 0.3) is 5.57 Å². The first-order chi connectivity index (χ1) is 9.42. The number of hydrogen-bond acceptors (Lipinski definition) is 5. The van der Waals surface area contributed by atoms with Gasteiger partial charge in [-0.2, -0.15) is 0 Å². The number of hydrogen-bond donors (Lipinski definition) is 1. The van der Waals surface area contributed by atoms with Crippen LogP contribution in [0.4, 0.5) is 0 Å². The van der Waals surface area contributed by atoms with Crippen molar-refractivity contribution in [2.75, 3.05) is 6.61 Å². The minimum atomic E-state index is -0.351. The number of ether oxygens (including phenoxy) is 1. The lowest BCUT2D eigenvalue weighted by molar-refractivity contribution is 0.0726. The monoisotopic (exact) mass is 254 g/mol. The zero-order chi connectivity index (χ0) is 12.9. The maximum Gasteiger partial charge on any atom is 0.225 e. The summed E-state index contributed by atoms with van der Waals surface area (Å²) in [6, 6.07) is 5.78. The van der Waals surface area contributed by atoms with E-state index in [4.69, 9.17) is 4.74 Å². The molecule has 5 heteroatoms. The first-order valence-corrected chi connectivity index (χ1v) is 6.15. The van der Waals surface area contributed by atoms with E-state index >= 15 is 0 Å². The zero-order valence-electron chi connectivity index (χ0n) is 10.4. The summed E-state index contributed by atoms with van der Waals surface area (Å²) < 4.78 is 5.61. The van der Waals surface area contributed by atoms with Crippen LogP contribution in [0, 0.1) is 0 Å². The van der Waals surface area contributed by atoms with Crippen LogP contribution in [0.1, 0.15) is 12.1 Å². The van der Waals surface area contributed by atoms with Crippen LogP contribution in [0.15, 0.2) is 52.9 Å². The van der Waals surface area contributed by atoms with Crippen molar-refractivity contribution in [3.05, 3.63) is 48.6 Å². The third kappa shape index (κ3) is 2.95. The molecule has 0 spiro atoms. The van der Waals surface area contributed by atoms with Crippen molar-refractivity contribution in [3.8, 4) is 0 Å². The fourth-order valence-corrected chi connectivity index (χ4v) is 1.82. The second-order valence-electron chi connectivity index (χ2n) is 4.21. The highest BCUT2D eigenvalue weighted by atomic mass is 16.5. The van der Waals surface area contributed by atoms with E-state index in [-0.39, 0.29) is 6.35 Å². The Morgan fingerprint density at radius 3 is 3.05 bits per heavy atom. The molecule has 0 aliphatic carbocycles. The summed E-state index contributed by atoms with van der Waals surface area (Å²) in [6.45, 7) is 0.495. The molecule has 1 N–H and O–H groups in total. The van der Waals surface area contributed by atoms with Gasteiger partial charge in [0.15, 0.2) is 0 Å². The molecule has 96 valence electrons. The Labute approximate surface area is 111 Å². The van der Waals surface area contributed by atoms with E-state index in [9.17, 15) is 0 Å². The summed E-state index contributed by atoms with van der Waals surface area (Å²) in [5, 5.41) is 3.09. The largest absolute Gasteiger partial charge is 0.347 e. The molecule has 1 atom stereocenters. The van der Waals surface area contributed by atoms with Gasteiger partial charge in [0.05, 0.1) is 12.3 Å². The number of pyridine rings is 1. The molecule has 1 unspecified atom stereocenters. The molecule has 1 aromatic rings. The average Bonchev–Trinajstić information content (AvgIpc) is 3.00. The Hall–Kier alpha value is -2.27. The molecule has 0 saturated carbocycles. The maximum atomic E-state index is 5.61. The van der Waals surface area contributed by atoms with Gasteiger partial charge in [-0.05, 0) is 12.1 Å². The number of aliphatic imine (C=N–C) groups is 2. The Bertz CT molecular complexity index is 560. The number of nitrogens with one attached hydrogen (secondary N) is 1. The molecule has 0 amide bonds. The third-order valence-corrected chi connectivity index (χ3v) is 2.81. The van der Waals surface area contributed by atoms with Gasteiger partial charge in [0.25, 0.3) is 0 Å². The van der Waals surface area contributed by atoms with E-state index in [1.54, 1.807) is 18.6 Å². The smallest absolute Gasteiger partial charge is 0.225 e. The van der Waals surface area contributed by atoms with Gasteiger partial charge in [-0.1, -0.05) is 12.1 Å². The average molecular weight is 254 g/mol. The molecule has 1 aromatic heterocycles. The highest BCUT2D eigenvalue weighted by molar-refractivity contribution is 6.09. The lowest BCUT2D eigenvalue weighted by Gasteiger charge is -2.18. The topological polar surface area (TPSA) is 58.9 Å². The molecule has 2 aliphatic rings. The standard InChI is InChI=1S/C14H14N4O/c1-2-6-16-13(5-1)11-8-17-14(18-9-11)19-10-12-4-3-7-15-12/h1-3,5-9,14,17H,4,10H2. The number of nitrogens with zero attached hydrogens (tertiary/aromatic N) is 3. The summed E-state index contributed by atoms with van der Waals surface area (Å²) in [5.41, 5.74) is 2.86. The van der Waals surface area contributed by atoms with Crippen molar-refractivity contribution in [3.63, 3.8) is 0 Å². The second kappa shape index (κ2) is 5.58. The lowest BCUT2D eigenvalue weighted by Crippen LogP contribution is -2.30. The van der Waals surface area contributed by atoms with Crippen LogP contribution in [0.5, 0.6) is 0 Å². The van der Waals surface area contributed by atoms with Gasteiger partial charge in [0.2, 0.25) is 6.35 Å². The van der Waals surface area contributed by atoms with Gasteiger partial charge in [-0.15, -0.1) is 0 Å². The molecule has 0 fully saturated rings. The van der Waals surface area contributed by atoms with Gasteiger partial charge < -0.3 is 10.1 Å². The van der Waals surface area contributed by atoms with Crippen LogP contribution >= 0.6 is 0 Å². The van der Waals surface area contributed by atoms with E-state index in [1.165, 1.54) is 0 Å². The van der Waals surface area contributed by atoms with Crippen molar-refractivity contribution < 1.29 is 4.74 Å². The summed E-state index contributed by atoms with van der Waals surface area (Å²) in [7, 11) is 0. The van der Waals surface area contributed by atoms with Crippen molar-refractivity contribution in [1.82, 2.24) is 10.3 Å². The molecule has 0 bridgehead atoms. The van der Waals surface area contributed by atoms with Gasteiger partial charge in [0.1, 0.15) is 0 Å². The van der Waals surface area contributed by atoms with Crippen LogP contribution in [-0.4, -0.2) is 29.9 Å². The molecule has 3 heterocycles. The minimum absolute atomic E-state index is 0.351. The Balaban J connectivity index is 1.54. The van der Waals surface area contributed by atoms with Crippen LogP contribution < -0.4 is 5.32 Å². The van der Waals surface area contributed by atoms with E-state index in [0.717, 1.165) is 23.4 Å². The molecular formula is C14H14N4O. The fourth-order valence-electron chi connectivity index (χ4n) is 1.82. The molecule has 19 heavy (non-hydrogen) atoms. The molecule has 5 nitrogen and oxygen atoms in total. The first-order valence-electron chi connectivity index (χ1n) is 6.15. The van der Waals surface area contributed by atoms with E-state index < -0.39 is 0 Å². The number of aromatic nitrogens is 1. The van der Waals surface area contributed by atoms with Crippen LogP contribution in [-0.2, 0) is 4.74 Å². The lowest BCUT2D eigenvalue weighted by atomic mass is 10.2. The second-order valence-corrected chi connectivity index (χ2v) is 4.21. The van der Waals surface area contributed by atoms with Crippen LogP contribution in [0.2, 0.25) is 0 Å². The number of rotatable bonds is 4. The summed E-state index contributed by atoms with van der Waals surface area (Å²) in [5.74, 6) is 0. The Morgan fingerprint density at radius 2 is 2.37 bits per heavy atom. The SMILES string of the molecule is C1=CN=C(COC2N=CC(c3ccccn3)=CN2)C1. The zero-order valence-corrected chi connectivity index (χ0v) is 10.4.